The number of phenols is 1. The Kier molecular flexibility index (Phi) is 7.14. The minimum Gasteiger partial charge on any atom is -0.508 e. The number of nitrogens with one attached hydrogen (secondary N) is 1. The Labute approximate surface area is 268 Å². The van der Waals surface area contributed by atoms with Crippen LogP contribution in [0.4, 0.5) is 23.4 Å². The molecule has 5 fully saturated rings. The van der Waals surface area contributed by atoms with Crippen LogP contribution in [0.1, 0.15) is 56.7 Å². The van der Waals surface area contributed by atoms with E-state index in [9.17, 15) is 9.90 Å². The zero-order valence-electron chi connectivity index (χ0n) is 26.0. The molecule has 248 valence electrons. The standard InChI is InChI=1S/C34H36F4N6O3/c1-2-23-25(35)8-5-19-13-22(45)14-26(28(19)23)44-27(34(36,37)38)15-24-29(31(44)46)40-32(47-18-33-9-3-11-42(33)12-4-10-33)41-30(24)43-17-20-6-7-21(43)16-39-20/h5,8,13-15,20-21,39,45H,2-4,6-7,9-12,16-18H2,1H3. The highest BCUT2D eigenvalue weighted by molar-refractivity contribution is 5.96. The molecule has 0 aliphatic carbocycles. The lowest BCUT2D eigenvalue weighted by atomic mass is 9.93. The van der Waals surface area contributed by atoms with Crippen molar-refractivity contribution in [3.05, 3.63) is 57.8 Å². The molecule has 0 amide bonds. The van der Waals surface area contributed by atoms with Gasteiger partial charge in [0, 0.05) is 36.6 Å². The van der Waals surface area contributed by atoms with Gasteiger partial charge in [-0.25, -0.2) is 4.39 Å². The van der Waals surface area contributed by atoms with Crippen molar-refractivity contribution in [2.45, 2.75) is 75.7 Å². The van der Waals surface area contributed by atoms with Gasteiger partial charge in [-0.1, -0.05) is 13.0 Å². The van der Waals surface area contributed by atoms with E-state index in [1.54, 1.807) is 6.92 Å². The molecule has 2 unspecified atom stereocenters. The van der Waals surface area contributed by atoms with E-state index in [4.69, 9.17) is 9.72 Å². The number of phenolic OH excluding ortho intramolecular Hbond substituents is 1. The minimum atomic E-state index is -4.99. The van der Waals surface area contributed by atoms with Crippen molar-refractivity contribution in [3.63, 3.8) is 0 Å². The highest BCUT2D eigenvalue weighted by Gasteiger charge is 2.45. The van der Waals surface area contributed by atoms with E-state index in [1.165, 1.54) is 18.2 Å². The van der Waals surface area contributed by atoms with Crippen LogP contribution in [0.5, 0.6) is 11.8 Å². The quantitative estimate of drug-likeness (QED) is 0.271. The lowest BCUT2D eigenvalue weighted by molar-refractivity contribution is -0.142. The summed E-state index contributed by atoms with van der Waals surface area (Å²) < 4.78 is 67.0. The Hall–Kier alpha value is -3.97. The number of benzene rings is 2. The smallest absolute Gasteiger partial charge is 0.431 e. The number of hydrogen-bond donors (Lipinski definition) is 2. The number of pyridine rings is 1. The van der Waals surface area contributed by atoms with Crippen LogP contribution in [0.15, 0.2) is 35.1 Å². The number of alkyl halides is 3. The summed E-state index contributed by atoms with van der Waals surface area (Å²) in [5.74, 6) is -0.734. The molecule has 5 saturated heterocycles. The van der Waals surface area contributed by atoms with Gasteiger partial charge in [0.25, 0.3) is 5.56 Å². The SMILES string of the molecule is CCc1c(F)ccc2cc(O)cc(-n3c(C(F)(F)F)cc4c(N5CC6CCC5CN6)nc(OCC56CCCN5CCC6)nc4c3=O)c12. The molecule has 4 aromatic rings. The molecule has 2 aromatic carbocycles. The fourth-order valence-electron chi connectivity index (χ4n) is 8.51. The second-order valence-corrected chi connectivity index (χ2v) is 13.4. The van der Waals surface area contributed by atoms with E-state index < -0.39 is 23.2 Å². The van der Waals surface area contributed by atoms with Crippen molar-refractivity contribution < 1.29 is 27.4 Å². The number of anilines is 1. The first-order chi connectivity index (χ1) is 22.6. The van der Waals surface area contributed by atoms with Crippen LogP contribution >= 0.6 is 0 Å². The maximum atomic E-state index is 15.1. The van der Waals surface area contributed by atoms with Gasteiger partial charge in [-0.05, 0) is 87.2 Å². The van der Waals surface area contributed by atoms with E-state index in [0.717, 1.165) is 63.7 Å². The van der Waals surface area contributed by atoms with Crippen LogP contribution in [0.3, 0.4) is 0 Å². The van der Waals surface area contributed by atoms with Gasteiger partial charge in [0.15, 0.2) is 0 Å². The molecular formula is C34H36F4N6O3. The van der Waals surface area contributed by atoms with E-state index in [2.05, 4.69) is 15.2 Å². The first-order valence-electron chi connectivity index (χ1n) is 16.4. The summed E-state index contributed by atoms with van der Waals surface area (Å²) in [4.78, 5) is 28.2. The second kappa shape index (κ2) is 11.0. The summed E-state index contributed by atoms with van der Waals surface area (Å²) in [6.07, 6.45) is 0.983. The summed E-state index contributed by atoms with van der Waals surface area (Å²) >= 11 is 0. The monoisotopic (exact) mass is 652 g/mol. The molecule has 5 aliphatic rings. The zero-order chi connectivity index (χ0) is 32.7. The molecule has 2 bridgehead atoms. The number of fused-ring (bicyclic) bond motifs is 6. The minimum absolute atomic E-state index is 0.0217. The van der Waals surface area contributed by atoms with Crippen molar-refractivity contribution in [3.8, 4) is 17.4 Å². The molecule has 2 aromatic heterocycles. The largest absolute Gasteiger partial charge is 0.508 e. The van der Waals surface area contributed by atoms with Crippen molar-refractivity contribution >= 4 is 27.5 Å². The predicted octanol–water partition coefficient (Wildman–Crippen LogP) is 5.31. The Bertz CT molecular complexity index is 1950. The lowest BCUT2D eigenvalue weighted by Gasteiger charge is -2.46. The van der Waals surface area contributed by atoms with Crippen molar-refractivity contribution in [2.24, 2.45) is 0 Å². The summed E-state index contributed by atoms with van der Waals surface area (Å²) in [7, 11) is 0. The summed E-state index contributed by atoms with van der Waals surface area (Å²) in [6.45, 7) is 5.14. The van der Waals surface area contributed by atoms with Gasteiger partial charge in [-0.3, -0.25) is 14.3 Å². The number of ether oxygens (including phenoxy) is 1. The Morgan fingerprint density at radius 2 is 1.89 bits per heavy atom. The molecule has 9 rings (SSSR count). The summed E-state index contributed by atoms with van der Waals surface area (Å²) in [5.41, 5.74) is -2.83. The molecule has 0 saturated carbocycles. The van der Waals surface area contributed by atoms with Crippen LogP contribution in [0.25, 0.3) is 27.4 Å². The third kappa shape index (κ3) is 4.92. The topological polar surface area (TPSA) is 95.8 Å². The van der Waals surface area contributed by atoms with Crippen LogP contribution in [0, 0.1) is 5.82 Å². The normalized spacial score (nSPS) is 22.4. The van der Waals surface area contributed by atoms with Gasteiger partial charge in [-0.15, -0.1) is 0 Å². The van der Waals surface area contributed by atoms with Crippen LogP contribution in [-0.4, -0.2) is 75.0 Å². The molecule has 2 atom stereocenters. The number of rotatable bonds is 6. The van der Waals surface area contributed by atoms with Crippen LogP contribution < -0.4 is 20.5 Å². The van der Waals surface area contributed by atoms with Crippen LogP contribution in [0.2, 0.25) is 0 Å². The predicted molar refractivity (Wildman–Crippen MR) is 169 cm³/mol. The Morgan fingerprint density at radius 3 is 2.55 bits per heavy atom. The number of nitrogens with zero attached hydrogens (tertiary/aromatic N) is 5. The average Bonchev–Trinajstić information content (AvgIpc) is 3.64. The van der Waals surface area contributed by atoms with Crippen molar-refractivity contribution in [1.82, 2.24) is 24.8 Å². The molecular weight excluding hydrogens is 616 g/mol. The fraction of sp³-hybridized carbons (Fsp3) is 0.500. The lowest BCUT2D eigenvalue weighted by Crippen LogP contribution is -2.61. The Balaban J connectivity index is 1.38. The molecule has 9 nitrogen and oxygen atoms in total. The summed E-state index contributed by atoms with van der Waals surface area (Å²) in [5, 5.41) is 14.5. The number of halogens is 4. The molecule has 7 heterocycles. The van der Waals surface area contributed by atoms with Gasteiger partial charge in [0.1, 0.15) is 35.2 Å². The van der Waals surface area contributed by atoms with Crippen molar-refractivity contribution in [1.29, 1.82) is 0 Å². The average molecular weight is 653 g/mol. The first kappa shape index (κ1) is 30.4. The molecule has 47 heavy (non-hydrogen) atoms. The number of aromatic nitrogens is 3. The van der Waals surface area contributed by atoms with Gasteiger partial charge in [0.05, 0.1) is 16.6 Å². The van der Waals surface area contributed by atoms with E-state index in [1.807, 2.05) is 4.90 Å². The number of piperidine rings is 2. The zero-order valence-corrected chi connectivity index (χ0v) is 26.0. The number of aryl methyl sites for hydroxylation is 1. The molecule has 0 spiro atoms. The van der Waals surface area contributed by atoms with Gasteiger partial charge < -0.3 is 20.1 Å². The first-order valence-corrected chi connectivity index (χ1v) is 16.4. The van der Waals surface area contributed by atoms with Crippen molar-refractivity contribution in [2.75, 3.05) is 37.7 Å². The van der Waals surface area contributed by atoms with Gasteiger partial charge in [0.2, 0.25) is 0 Å². The molecule has 2 N–H and O–H groups in total. The van der Waals surface area contributed by atoms with E-state index in [-0.39, 0.29) is 69.2 Å². The number of piperazine rings is 1. The third-order valence-corrected chi connectivity index (χ3v) is 10.8. The van der Waals surface area contributed by atoms with Crippen LogP contribution in [-0.2, 0) is 12.6 Å². The van der Waals surface area contributed by atoms with Gasteiger partial charge in [-0.2, -0.15) is 23.1 Å². The molecule has 5 aliphatic heterocycles. The number of hydrogen-bond acceptors (Lipinski definition) is 8. The van der Waals surface area contributed by atoms with E-state index >= 15 is 17.6 Å². The van der Waals surface area contributed by atoms with E-state index in [0.29, 0.717) is 29.6 Å². The highest BCUT2D eigenvalue weighted by Crippen LogP contribution is 2.41. The number of aromatic hydroxyl groups is 1. The Morgan fingerprint density at radius 1 is 1.11 bits per heavy atom. The molecule has 0 radical (unpaired) electrons. The van der Waals surface area contributed by atoms with Gasteiger partial charge >= 0.3 is 12.2 Å². The second-order valence-electron chi connectivity index (χ2n) is 13.4. The maximum absolute atomic E-state index is 15.1. The third-order valence-electron chi connectivity index (χ3n) is 10.8. The molecule has 13 heteroatoms. The maximum Gasteiger partial charge on any atom is 0.431 e. The highest BCUT2D eigenvalue weighted by atomic mass is 19.4. The fourth-order valence-corrected chi connectivity index (χ4v) is 8.51. The summed E-state index contributed by atoms with van der Waals surface area (Å²) in [6, 6.07) is 5.99.